The summed E-state index contributed by atoms with van der Waals surface area (Å²) < 4.78 is 0. The van der Waals surface area contributed by atoms with Crippen molar-refractivity contribution < 1.29 is 9.59 Å². The van der Waals surface area contributed by atoms with Crippen molar-refractivity contribution in [2.75, 3.05) is 11.1 Å². The summed E-state index contributed by atoms with van der Waals surface area (Å²) in [5.41, 5.74) is 6.58. The van der Waals surface area contributed by atoms with Crippen LogP contribution in [0.25, 0.3) is 0 Å². The van der Waals surface area contributed by atoms with Gasteiger partial charge >= 0.3 is 0 Å². The van der Waals surface area contributed by atoms with Crippen LogP contribution in [0.2, 0.25) is 5.02 Å². The Bertz CT molecular complexity index is 1330. The zero-order valence-corrected chi connectivity index (χ0v) is 22.8. The van der Waals surface area contributed by atoms with Crippen molar-refractivity contribution in [3.8, 4) is 6.07 Å². The van der Waals surface area contributed by atoms with E-state index in [0.717, 1.165) is 33.6 Å². The highest BCUT2D eigenvalue weighted by Crippen LogP contribution is 2.48. The van der Waals surface area contributed by atoms with Gasteiger partial charge in [0, 0.05) is 28.4 Å². The van der Waals surface area contributed by atoms with Crippen molar-refractivity contribution in [2.45, 2.75) is 53.4 Å². The normalized spacial score (nSPS) is 18.9. The number of carbonyl (C=O) groups excluding carboxylic acids is 2. The average Bonchev–Trinajstić information content (AvgIpc) is 2.78. The van der Waals surface area contributed by atoms with E-state index < -0.39 is 5.92 Å². The summed E-state index contributed by atoms with van der Waals surface area (Å²) in [6, 6.07) is 13.7. The van der Waals surface area contributed by atoms with Crippen molar-refractivity contribution in [3.05, 3.63) is 85.5 Å². The first kappa shape index (κ1) is 26.1. The lowest BCUT2D eigenvalue weighted by Gasteiger charge is -2.39. The van der Waals surface area contributed by atoms with Crippen molar-refractivity contribution in [1.29, 1.82) is 5.26 Å². The number of thioether (sulfide) groups is 1. The summed E-state index contributed by atoms with van der Waals surface area (Å²) in [6.45, 7) is 10.1. The van der Waals surface area contributed by atoms with Gasteiger partial charge in [0.15, 0.2) is 5.78 Å². The van der Waals surface area contributed by atoms with Gasteiger partial charge in [0.1, 0.15) is 0 Å². The molecule has 0 unspecified atom stereocenters. The van der Waals surface area contributed by atoms with E-state index in [1.54, 1.807) is 12.1 Å². The third-order valence-electron chi connectivity index (χ3n) is 6.62. The second-order valence-corrected chi connectivity index (χ2v) is 11.8. The number of aryl methyl sites for hydroxylation is 3. The molecule has 5 nitrogen and oxygen atoms in total. The van der Waals surface area contributed by atoms with Crippen molar-refractivity contribution in [2.24, 2.45) is 5.41 Å². The number of nitriles is 1. The van der Waals surface area contributed by atoms with Crippen LogP contribution < -0.4 is 10.6 Å². The molecule has 0 fully saturated rings. The molecule has 1 heterocycles. The Morgan fingerprint density at radius 2 is 1.81 bits per heavy atom. The average molecular weight is 520 g/mol. The van der Waals surface area contributed by atoms with Crippen LogP contribution >= 0.6 is 23.4 Å². The fourth-order valence-corrected chi connectivity index (χ4v) is 6.16. The predicted molar refractivity (Wildman–Crippen MR) is 147 cm³/mol. The Hall–Kier alpha value is -3.01. The first-order valence-electron chi connectivity index (χ1n) is 11.9. The zero-order valence-electron chi connectivity index (χ0n) is 21.2. The molecular formula is C29H30ClN3O2S. The van der Waals surface area contributed by atoms with Crippen LogP contribution in [0.3, 0.4) is 0 Å². The van der Waals surface area contributed by atoms with E-state index in [9.17, 15) is 14.9 Å². The van der Waals surface area contributed by atoms with Gasteiger partial charge < -0.3 is 10.6 Å². The Balaban J connectivity index is 1.65. The van der Waals surface area contributed by atoms with E-state index in [2.05, 4.69) is 30.6 Å². The number of amides is 1. The Morgan fingerprint density at radius 1 is 1.17 bits per heavy atom. The number of nitrogens with zero attached hydrogens (tertiary/aromatic N) is 1. The largest absolute Gasteiger partial charge is 0.352 e. The Kier molecular flexibility index (Phi) is 7.36. The monoisotopic (exact) mass is 519 g/mol. The smallest absolute Gasteiger partial charge is 0.234 e. The van der Waals surface area contributed by atoms with Crippen LogP contribution in [-0.4, -0.2) is 17.4 Å². The number of hydrogen-bond acceptors (Lipinski definition) is 5. The first-order valence-corrected chi connectivity index (χ1v) is 13.3. The van der Waals surface area contributed by atoms with Gasteiger partial charge in [-0.1, -0.05) is 67.0 Å². The summed E-state index contributed by atoms with van der Waals surface area (Å²) in [7, 11) is 0. The third kappa shape index (κ3) is 5.38. The fraction of sp³-hybridized carbons (Fsp3) is 0.345. The minimum Gasteiger partial charge on any atom is -0.352 e. The molecule has 2 aromatic rings. The summed E-state index contributed by atoms with van der Waals surface area (Å²) in [5, 5.41) is 17.8. The second-order valence-electron chi connectivity index (χ2n) is 10.4. The molecule has 2 N–H and O–H groups in total. The van der Waals surface area contributed by atoms with Crippen LogP contribution in [0, 0.1) is 37.5 Å². The summed E-state index contributed by atoms with van der Waals surface area (Å²) in [4.78, 5) is 26.2. The van der Waals surface area contributed by atoms with Gasteiger partial charge in [-0.2, -0.15) is 5.26 Å². The standard InChI is InChI=1S/C29H30ClN3O2S/c1-16-10-17(2)27(18(3)11-16)33-24(35)15-36-28-21(14-31)25(19-6-8-20(30)9-7-19)26-22(32-28)12-29(4,5)13-23(26)34/h6-11,25,32H,12-13,15H2,1-5H3,(H,33,35)/t25-/m1/s1. The molecule has 0 saturated heterocycles. The van der Waals surface area contributed by atoms with Gasteiger partial charge in [0.25, 0.3) is 0 Å². The molecule has 2 aliphatic rings. The van der Waals surface area contributed by atoms with Crippen LogP contribution in [0.15, 0.2) is 58.3 Å². The highest BCUT2D eigenvalue weighted by Gasteiger charge is 2.42. The first-order chi connectivity index (χ1) is 17.0. The summed E-state index contributed by atoms with van der Waals surface area (Å²) in [6.07, 6.45) is 1.12. The van der Waals surface area contributed by atoms with E-state index in [1.165, 1.54) is 11.8 Å². The molecular weight excluding hydrogens is 490 g/mol. The molecule has 0 bridgehead atoms. The number of benzene rings is 2. The van der Waals surface area contributed by atoms with E-state index in [-0.39, 0.29) is 22.9 Å². The Labute approximate surface area is 222 Å². The number of Topliss-reactive ketones (excluding diaryl/α,β-unsaturated/α-hetero) is 1. The van der Waals surface area contributed by atoms with E-state index >= 15 is 0 Å². The number of hydrogen-bond donors (Lipinski definition) is 2. The van der Waals surface area contributed by atoms with Gasteiger partial charge in [0.2, 0.25) is 5.91 Å². The number of halogens is 1. The van der Waals surface area contributed by atoms with Crippen molar-refractivity contribution >= 4 is 40.7 Å². The Morgan fingerprint density at radius 3 is 2.42 bits per heavy atom. The van der Waals surface area contributed by atoms with Gasteiger partial charge in [-0.05, 0) is 61.4 Å². The SMILES string of the molecule is Cc1cc(C)c(NC(=O)CSC2=C(C#N)[C@@H](c3ccc(Cl)cc3)C3=C(CC(C)(C)CC3=O)N2)c(C)c1. The van der Waals surface area contributed by atoms with Crippen LogP contribution in [0.4, 0.5) is 5.69 Å². The lowest BCUT2D eigenvalue weighted by Crippen LogP contribution is -2.37. The highest BCUT2D eigenvalue weighted by molar-refractivity contribution is 8.03. The van der Waals surface area contributed by atoms with Crippen molar-refractivity contribution in [1.82, 2.24) is 5.32 Å². The molecule has 0 radical (unpaired) electrons. The van der Waals surface area contributed by atoms with E-state index in [1.807, 2.05) is 45.0 Å². The third-order valence-corrected chi connectivity index (χ3v) is 7.89. The molecule has 36 heavy (non-hydrogen) atoms. The number of anilines is 1. The van der Waals surface area contributed by atoms with Gasteiger partial charge in [-0.15, -0.1) is 0 Å². The number of nitrogens with one attached hydrogen (secondary N) is 2. The number of rotatable bonds is 5. The number of allylic oxidation sites excluding steroid dienone is 3. The summed E-state index contributed by atoms with van der Waals surface area (Å²) in [5.74, 6) is -0.453. The van der Waals surface area contributed by atoms with Crippen LogP contribution in [0.5, 0.6) is 0 Å². The molecule has 1 atom stereocenters. The van der Waals surface area contributed by atoms with Crippen molar-refractivity contribution in [3.63, 3.8) is 0 Å². The molecule has 1 aliphatic carbocycles. The predicted octanol–water partition coefficient (Wildman–Crippen LogP) is 6.70. The molecule has 186 valence electrons. The molecule has 1 aliphatic heterocycles. The van der Waals surface area contributed by atoms with Gasteiger partial charge in [0.05, 0.1) is 28.3 Å². The minimum atomic E-state index is -0.487. The molecule has 0 aromatic heterocycles. The lowest BCUT2D eigenvalue weighted by molar-refractivity contribution is -0.118. The van der Waals surface area contributed by atoms with E-state index in [4.69, 9.17) is 11.6 Å². The van der Waals surface area contributed by atoms with Gasteiger partial charge in [-0.3, -0.25) is 9.59 Å². The maximum atomic E-state index is 13.3. The van der Waals surface area contributed by atoms with Gasteiger partial charge in [-0.25, -0.2) is 0 Å². The maximum absolute atomic E-state index is 13.3. The quantitative estimate of drug-likeness (QED) is 0.459. The zero-order chi connectivity index (χ0) is 26.2. The van der Waals surface area contributed by atoms with E-state index in [0.29, 0.717) is 34.0 Å². The fourth-order valence-electron chi connectivity index (χ4n) is 5.17. The molecule has 7 heteroatoms. The van der Waals surface area contributed by atoms with Crippen LogP contribution in [-0.2, 0) is 9.59 Å². The summed E-state index contributed by atoms with van der Waals surface area (Å²) >= 11 is 7.41. The topological polar surface area (TPSA) is 82.0 Å². The minimum absolute atomic E-state index is 0.0496. The molecule has 2 aromatic carbocycles. The number of ketones is 1. The van der Waals surface area contributed by atoms with Crippen LogP contribution in [0.1, 0.15) is 54.9 Å². The maximum Gasteiger partial charge on any atom is 0.234 e. The molecule has 1 amide bonds. The molecule has 4 rings (SSSR count). The lowest BCUT2D eigenvalue weighted by atomic mass is 9.69. The second kappa shape index (κ2) is 10.2. The highest BCUT2D eigenvalue weighted by atomic mass is 35.5. The number of dihydropyridines is 1. The molecule has 0 saturated carbocycles. The molecule has 0 spiro atoms. The number of carbonyl (C=O) groups is 2.